The Bertz CT molecular complexity index is 304. The van der Waals surface area contributed by atoms with Gasteiger partial charge in [0.15, 0.2) is 0 Å². The summed E-state index contributed by atoms with van der Waals surface area (Å²) < 4.78 is 5.04. The van der Waals surface area contributed by atoms with E-state index in [-0.39, 0.29) is 5.54 Å². The Labute approximate surface area is 83.6 Å². The molecule has 0 spiro atoms. The Morgan fingerprint density at radius 3 is 2.38 bits per heavy atom. The zero-order valence-corrected chi connectivity index (χ0v) is 8.85. The molecule has 0 atom stereocenters. The summed E-state index contributed by atoms with van der Waals surface area (Å²) >= 11 is 5.96. The van der Waals surface area contributed by atoms with Gasteiger partial charge in [0.25, 0.3) is 0 Å². The van der Waals surface area contributed by atoms with Crippen LogP contribution in [0.2, 0.25) is 5.02 Å². The van der Waals surface area contributed by atoms with Gasteiger partial charge in [0, 0.05) is 5.54 Å². The lowest BCUT2D eigenvalue weighted by Gasteiger charge is -2.19. The predicted octanol–water partition coefficient (Wildman–Crippen LogP) is 2.54. The van der Waals surface area contributed by atoms with Crippen LogP contribution in [0, 0.1) is 0 Å². The molecule has 0 bridgehead atoms. The number of hydrogen-bond donors (Lipinski definition) is 1. The molecule has 0 radical (unpaired) electrons. The third-order valence-electron chi connectivity index (χ3n) is 1.90. The maximum atomic E-state index is 5.96. The zero-order chi connectivity index (χ0) is 10.1. The molecule has 1 aromatic rings. The minimum Gasteiger partial charge on any atom is -0.495 e. The first-order chi connectivity index (χ1) is 5.95. The molecule has 0 aromatic heterocycles. The third-order valence-corrected chi connectivity index (χ3v) is 2.19. The Morgan fingerprint density at radius 1 is 1.38 bits per heavy atom. The molecule has 1 rings (SSSR count). The topological polar surface area (TPSA) is 35.2 Å². The van der Waals surface area contributed by atoms with Gasteiger partial charge in [-0.1, -0.05) is 17.7 Å². The molecule has 0 saturated heterocycles. The summed E-state index contributed by atoms with van der Waals surface area (Å²) in [6.45, 7) is 3.87. The van der Waals surface area contributed by atoms with E-state index in [0.717, 1.165) is 5.56 Å². The Kier molecular flexibility index (Phi) is 2.84. The van der Waals surface area contributed by atoms with E-state index in [4.69, 9.17) is 22.1 Å². The van der Waals surface area contributed by atoms with Crippen LogP contribution in [0.15, 0.2) is 18.2 Å². The summed E-state index contributed by atoms with van der Waals surface area (Å²) in [6.07, 6.45) is 0. The second-order valence-corrected chi connectivity index (χ2v) is 3.98. The van der Waals surface area contributed by atoms with E-state index in [1.807, 2.05) is 32.0 Å². The van der Waals surface area contributed by atoms with E-state index in [1.165, 1.54) is 0 Å². The minimum absolute atomic E-state index is 0.365. The molecule has 2 nitrogen and oxygen atoms in total. The van der Waals surface area contributed by atoms with E-state index < -0.39 is 0 Å². The molecule has 13 heavy (non-hydrogen) atoms. The standard InChI is InChI=1S/C10H14ClNO/c1-10(2,12)7-4-5-9(13-3)8(11)6-7/h4-6H,12H2,1-3H3. The molecule has 0 unspecified atom stereocenters. The Morgan fingerprint density at radius 2 is 2.00 bits per heavy atom. The average molecular weight is 200 g/mol. The molecule has 0 fully saturated rings. The fourth-order valence-corrected chi connectivity index (χ4v) is 1.32. The van der Waals surface area contributed by atoms with Crippen molar-refractivity contribution in [2.75, 3.05) is 7.11 Å². The smallest absolute Gasteiger partial charge is 0.137 e. The van der Waals surface area contributed by atoms with Crippen LogP contribution in [-0.4, -0.2) is 7.11 Å². The molecule has 0 heterocycles. The summed E-state index contributed by atoms with van der Waals surface area (Å²) in [4.78, 5) is 0. The third kappa shape index (κ3) is 2.36. The van der Waals surface area contributed by atoms with E-state index in [0.29, 0.717) is 10.8 Å². The van der Waals surface area contributed by atoms with Crippen molar-refractivity contribution in [3.8, 4) is 5.75 Å². The van der Waals surface area contributed by atoms with Crippen molar-refractivity contribution >= 4 is 11.6 Å². The van der Waals surface area contributed by atoms with Crippen molar-refractivity contribution < 1.29 is 4.74 Å². The molecule has 2 N–H and O–H groups in total. The summed E-state index contributed by atoms with van der Waals surface area (Å²) in [5.74, 6) is 0.676. The van der Waals surface area contributed by atoms with Gasteiger partial charge in [0.05, 0.1) is 12.1 Å². The number of rotatable bonds is 2. The number of benzene rings is 1. The van der Waals surface area contributed by atoms with Crippen molar-refractivity contribution in [2.45, 2.75) is 19.4 Å². The second-order valence-electron chi connectivity index (χ2n) is 3.57. The average Bonchev–Trinajstić information content (AvgIpc) is 2.02. The van der Waals surface area contributed by atoms with E-state index in [1.54, 1.807) is 7.11 Å². The van der Waals surface area contributed by atoms with Crippen LogP contribution in [-0.2, 0) is 5.54 Å². The van der Waals surface area contributed by atoms with Crippen molar-refractivity contribution in [1.82, 2.24) is 0 Å². The number of hydrogen-bond acceptors (Lipinski definition) is 2. The SMILES string of the molecule is COc1ccc(C(C)(C)N)cc1Cl. The van der Waals surface area contributed by atoms with E-state index in [9.17, 15) is 0 Å². The summed E-state index contributed by atoms with van der Waals surface area (Å²) in [5.41, 5.74) is 6.55. The van der Waals surface area contributed by atoms with Gasteiger partial charge in [-0.25, -0.2) is 0 Å². The monoisotopic (exact) mass is 199 g/mol. The molecule has 0 aliphatic rings. The van der Waals surface area contributed by atoms with Crippen LogP contribution >= 0.6 is 11.6 Å². The first kappa shape index (κ1) is 10.4. The van der Waals surface area contributed by atoms with Gasteiger partial charge in [-0.15, -0.1) is 0 Å². The van der Waals surface area contributed by atoms with Gasteiger partial charge in [0.1, 0.15) is 5.75 Å². The van der Waals surface area contributed by atoms with Gasteiger partial charge >= 0.3 is 0 Å². The molecule has 0 amide bonds. The first-order valence-corrected chi connectivity index (χ1v) is 4.46. The minimum atomic E-state index is -0.365. The molecule has 0 saturated carbocycles. The number of ether oxygens (including phenoxy) is 1. The number of nitrogens with two attached hydrogens (primary N) is 1. The van der Waals surface area contributed by atoms with Crippen LogP contribution in [0.25, 0.3) is 0 Å². The Balaban J connectivity index is 3.10. The largest absolute Gasteiger partial charge is 0.495 e. The van der Waals surface area contributed by atoms with Crippen molar-refractivity contribution in [1.29, 1.82) is 0 Å². The fourth-order valence-electron chi connectivity index (χ4n) is 1.07. The number of halogens is 1. The highest BCUT2D eigenvalue weighted by molar-refractivity contribution is 6.32. The van der Waals surface area contributed by atoms with Crippen molar-refractivity contribution in [3.63, 3.8) is 0 Å². The summed E-state index contributed by atoms with van der Waals surface area (Å²) in [7, 11) is 1.59. The number of methoxy groups -OCH3 is 1. The van der Waals surface area contributed by atoms with Crippen LogP contribution in [0.5, 0.6) is 5.75 Å². The van der Waals surface area contributed by atoms with Crippen LogP contribution in [0.1, 0.15) is 19.4 Å². The van der Waals surface area contributed by atoms with Gasteiger partial charge in [-0.3, -0.25) is 0 Å². The van der Waals surface area contributed by atoms with Crippen LogP contribution in [0.3, 0.4) is 0 Å². The van der Waals surface area contributed by atoms with E-state index >= 15 is 0 Å². The van der Waals surface area contributed by atoms with Crippen molar-refractivity contribution in [3.05, 3.63) is 28.8 Å². The Hall–Kier alpha value is -0.730. The quantitative estimate of drug-likeness (QED) is 0.795. The highest BCUT2D eigenvalue weighted by Gasteiger charge is 2.15. The molecule has 0 aliphatic carbocycles. The van der Waals surface area contributed by atoms with Gasteiger partial charge < -0.3 is 10.5 Å². The van der Waals surface area contributed by atoms with Crippen LogP contribution < -0.4 is 10.5 Å². The highest BCUT2D eigenvalue weighted by atomic mass is 35.5. The highest BCUT2D eigenvalue weighted by Crippen LogP contribution is 2.28. The van der Waals surface area contributed by atoms with Gasteiger partial charge in [-0.2, -0.15) is 0 Å². The fraction of sp³-hybridized carbons (Fsp3) is 0.400. The second kappa shape index (κ2) is 3.56. The van der Waals surface area contributed by atoms with Crippen LogP contribution in [0.4, 0.5) is 0 Å². The zero-order valence-electron chi connectivity index (χ0n) is 8.10. The van der Waals surface area contributed by atoms with Gasteiger partial charge in [-0.05, 0) is 31.5 Å². The maximum absolute atomic E-state index is 5.96. The maximum Gasteiger partial charge on any atom is 0.137 e. The summed E-state index contributed by atoms with van der Waals surface area (Å²) in [6, 6.07) is 5.58. The van der Waals surface area contributed by atoms with Crippen molar-refractivity contribution in [2.24, 2.45) is 5.73 Å². The molecule has 1 aromatic carbocycles. The molecule has 72 valence electrons. The lowest BCUT2D eigenvalue weighted by molar-refractivity contribution is 0.414. The molecule has 3 heteroatoms. The lowest BCUT2D eigenvalue weighted by atomic mass is 9.96. The summed E-state index contributed by atoms with van der Waals surface area (Å²) in [5, 5.41) is 0.596. The lowest BCUT2D eigenvalue weighted by Crippen LogP contribution is -2.28. The molecule has 0 aliphatic heterocycles. The first-order valence-electron chi connectivity index (χ1n) is 4.08. The normalized spacial score (nSPS) is 11.5. The molecular weight excluding hydrogens is 186 g/mol. The van der Waals surface area contributed by atoms with E-state index in [2.05, 4.69) is 0 Å². The predicted molar refractivity (Wildman–Crippen MR) is 55.2 cm³/mol. The molecular formula is C10H14ClNO. The van der Waals surface area contributed by atoms with Gasteiger partial charge in [0.2, 0.25) is 0 Å².